The molecule has 1 aliphatic carbocycles. The Morgan fingerprint density at radius 3 is 2.42 bits per heavy atom. The molecular formula is C29H35N5O5S. The lowest BCUT2D eigenvalue weighted by Gasteiger charge is -2.35. The third-order valence-electron chi connectivity index (χ3n) is 7.27. The molecule has 2 atom stereocenters. The molecule has 2 aromatic rings. The van der Waals surface area contributed by atoms with Gasteiger partial charge in [-0.05, 0) is 18.9 Å². The van der Waals surface area contributed by atoms with E-state index in [1.807, 2.05) is 42.5 Å². The second kappa shape index (κ2) is 13.7. The fourth-order valence-corrected chi connectivity index (χ4v) is 5.37. The highest BCUT2D eigenvalue weighted by molar-refractivity contribution is 7.80. The lowest BCUT2D eigenvalue weighted by atomic mass is 9.94. The highest BCUT2D eigenvalue weighted by Gasteiger charge is 2.36. The number of aliphatic carboxylic acids is 1. The minimum absolute atomic E-state index is 0.157. The van der Waals surface area contributed by atoms with Gasteiger partial charge in [-0.2, -0.15) is 12.6 Å². The van der Waals surface area contributed by atoms with Crippen LogP contribution in [0.1, 0.15) is 43.2 Å². The van der Waals surface area contributed by atoms with Crippen LogP contribution in [0.15, 0.2) is 59.6 Å². The van der Waals surface area contributed by atoms with Crippen LogP contribution < -0.4 is 16.0 Å². The predicted molar refractivity (Wildman–Crippen MR) is 156 cm³/mol. The van der Waals surface area contributed by atoms with E-state index in [1.54, 1.807) is 12.1 Å². The number of thiol groups is 1. The van der Waals surface area contributed by atoms with E-state index in [-0.39, 0.29) is 30.7 Å². The van der Waals surface area contributed by atoms with Crippen molar-refractivity contribution in [1.29, 1.82) is 0 Å². The van der Waals surface area contributed by atoms with Gasteiger partial charge in [-0.15, -0.1) is 0 Å². The summed E-state index contributed by atoms with van der Waals surface area (Å²) in [5.41, 5.74) is 8.23. The summed E-state index contributed by atoms with van der Waals surface area (Å²) >= 11 is 4.08. The van der Waals surface area contributed by atoms with Crippen LogP contribution >= 0.6 is 12.6 Å². The number of nitrogens with two attached hydrogens (primary N) is 1. The Bertz CT molecular complexity index is 1260. The van der Waals surface area contributed by atoms with Crippen molar-refractivity contribution in [3.05, 3.63) is 65.7 Å². The number of fused-ring (bicyclic) bond motifs is 1. The van der Waals surface area contributed by atoms with E-state index in [2.05, 4.69) is 17.9 Å². The number of rotatable bonds is 11. The first-order valence-electron chi connectivity index (χ1n) is 13.5. The molecule has 2 unspecified atom stereocenters. The van der Waals surface area contributed by atoms with Gasteiger partial charge in [-0.1, -0.05) is 67.8 Å². The Balaban J connectivity index is 1.72. The van der Waals surface area contributed by atoms with E-state index in [0.717, 1.165) is 37.7 Å². The minimum atomic E-state index is -1.19. The SMILES string of the molecule is NC(CS)C(=O)CNC1N=C(c2ccccc2)c2ccccc2N(CC(=O)N(CC(=O)O)C2CCCCC2)C1=O. The highest BCUT2D eigenvalue weighted by Crippen LogP contribution is 2.29. The summed E-state index contributed by atoms with van der Waals surface area (Å²) in [6.07, 6.45) is 3.15. The van der Waals surface area contributed by atoms with Crippen LogP contribution in [0.5, 0.6) is 0 Å². The molecule has 0 radical (unpaired) electrons. The van der Waals surface area contributed by atoms with Gasteiger partial charge in [0.05, 0.1) is 24.0 Å². The number of carboxylic acids is 1. The zero-order valence-electron chi connectivity index (χ0n) is 22.2. The number of anilines is 1. The van der Waals surface area contributed by atoms with Gasteiger partial charge < -0.3 is 15.7 Å². The Kier molecular flexibility index (Phi) is 10.1. The standard InChI is InChI=1S/C29H35N5O5S/c30-22(18-40)24(35)15-31-28-29(39)34(16-25(36)33(17-26(37)38)20-11-5-2-6-12-20)23-14-8-7-13-21(23)27(32-28)19-9-3-1-4-10-19/h1,3-4,7-10,13-14,20,22,28,31,40H,2,5-6,11-12,15-18,30H2,(H,37,38). The Labute approximate surface area is 239 Å². The lowest BCUT2D eigenvalue weighted by Crippen LogP contribution is -2.53. The van der Waals surface area contributed by atoms with Crippen molar-refractivity contribution in [2.75, 3.05) is 30.3 Å². The summed E-state index contributed by atoms with van der Waals surface area (Å²) in [5, 5.41) is 12.5. The van der Waals surface area contributed by atoms with E-state index in [4.69, 9.17) is 10.7 Å². The summed E-state index contributed by atoms with van der Waals surface area (Å²) in [6, 6.07) is 15.5. The number of aliphatic imine (C=N–C) groups is 1. The van der Waals surface area contributed by atoms with Gasteiger partial charge >= 0.3 is 5.97 Å². The Hall–Kier alpha value is -3.54. The molecule has 2 aliphatic rings. The summed E-state index contributed by atoms with van der Waals surface area (Å²) in [5.74, 6) is -2.25. The van der Waals surface area contributed by atoms with Gasteiger partial charge in [-0.3, -0.25) is 34.4 Å². The van der Waals surface area contributed by atoms with Crippen molar-refractivity contribution in [3.8, 4) is 0 Å². The number of benzene rings is 2. The van der Waals surface area contributed by atoms with Gasteiger partial charge in [0.15, 0.2) is 11.9 Å². The molecule has 1 aliphatic heterocycles. The van der Waals surface area contributed by atoms with Crippen LogP contribution in [0, 0.1) is 0 Å². The van der Waals surface area contributed by atoms with Gasteiger partial charge in [0.1, 0.15) is 13.1 Å². The molecule has 0 aromatic heterocycles. The third kappa shape index (κ3) is 6.96. The summed E-state index contributed by atoms with van der Waals surface area (Å²) < 4.78 is 0. The number of nitrogens with zero attached hydrogens (tertiary/aromatic N) is 3. The quantitative estimate of drug-likeness (QED) is 0.304. The molecule has 10 nitrogen and oxygen atoms in total. The van der Waals surface area contributed by atoms with Gasteiger partial charge in [0, 0.05) is 22.9 Å². The maximum absolute atomic E-state index is 14.0. The number of carbonyl (C=O) groups is 4. The average molecular weight is 566 g/mol. The largest absolute Gasteiger partial charge is 0.480 e. The van der Waals surface area contributed by atoms with Crippen molar-refractivity contribution in [2.24, 2.45) is 10.7 Å². The lowest BCUT2D eigenvalue weighted by molar-refractivity contribution is -0.146. The second-order valence-electron chi connectivity index (χ2n) is 10.0. The van der Waals surface area contributed by atoms with E-state index >= 15 is 0 Å². The number of carbonyl (C=O) groups excluding carboxylic acids is 3. The fourth-order valence-electron chi connectivity index (χ4n) is 5.17. The molecule has 4 rings (SSSR count). The summed E-state index contributed by atoms with van der Waals surface area (Å²) in [7, 11) is 0. The van der Waals surface area contributed by atoms with E-state index in [0.29, 0.717) is 17.0 Å². The predicted octanol–water partition coefficient (Wildman–Crippen LogP) is 1.86. The van der Waals surface area contributed by atoms with Gasteiger partial charge in [0.25, 0.3) is 5.91 Å². The molecule has 212 valence electrons. The number of nitrogens with one attached hydrogen (secondary N) is 1. The fraction of sp³-hybridized carbons (Fsp3) is 0.414. The van der Waals surface area contributed by atoms with Crippen molar-refractivity contribution in [1.82, 2.24) is 10.2 Å². The van der Waals surface area contributed by atoms with E-state index in [9.17, 15) is 24.3 Å². The number of carboxylic acid groups (broad SMARTS) is 1. The summed E-state index contributed by atoms with van der Waals surface area (Å²) in [4.78, 5) is 59.4. The number of hydrogen-bond acceptors (Lipinski definition) is 8. The highest BCUT2D eigenvalue weighted by atomic mass is 32.1. The first-order valence-corrected chi connectivity index (χ1v) is 14.1. The average Bonchev–Trinajstić information content (AvgIpc) is 3.09. The molecule has 1 heterocycles. The molecular weight excluding hydrogens is 530 g/mol. The maximum atomic E-state index is 14.0. The number of amides is 2. The van der Waals surface area contributed by atoms with Crippen LogP contribution in [0.2, 0.25) is 0 Å². The number of ketones is 1. The first kappa shape index (κ1) is 29.4. The van der Waals surface area contributed by atoms with Crippen molar-refractivity contribution in [2.45, 2.75) is 50.4 Å². The van der Waals surface area contributed by atoms with Crippen molar-refractivity contribution >= 4 is 47.6 Å². The molecule has 0 bridgehead atoms. The number of benzodiazepines with no additional fused rings is 1. The van der Waals surface area contributed by atoms with Crippen LogP contribution in [-0.2, 0) is 19.2 Å². The number of hydrogen-bond donors (Lipinski definition) is 4. The monoisotopic (exact) mass is 565 g/mol. The molecule has 11 heteroatoms. The van der Waals surface area contributed by atoms with Crippen molar-refractivity contribution in [3.63, 3.8) is 0 Å². The third-order valence-corrected chi connectivity index (χ3v) is 7.66. The molecule has 1 saturated carbocycles. The molecule has 40 heavy (non-hydrogen) atoms. The maximum Gasteiger partial charge on any atom is 0.323 e. The number of Topliss-reactive ketones (excluding diaryl/α,β-unsaturated/α-hetero) is 1. The molecule has 0 spiro atoms. The summed E-state index contributed by atoms with van der Waals surface area (Å²) in [6.45, 7) is -1.01. The van der Waals surface area contributed by atoms with Crippen LogP contribution in [-0.4, -0.2) is 82.9 Å². The topological polar surface area (TPSA) is 145 Å². The van der Waals surface area contributed by atoms with Crippen molar-refractivity contribution < 1.29 is 24.3 Å². The molecule has 1 fully saturated rings. The van der Waals surface area contributed by atoms with Gasteiger partial charge in [0.2, 0.25) is 5.91 Å². The Morgan fingerprint density at radius 2 is 1.75 bits per heavy atom. The van der Waals surface area contributed by atoms with Crippen LogP contribution in [0.25, 0.3) is 0 Å². The normalized spacial score (nSPS) is 18.4. The van der Waals surface area contributed by atoms with Crippen LogP contribution in [0.3, 0.4) is 0 Å². The molecule has 0 saturated heterocycles. The minimum Gasteiger partial charge on any atom is -0.480 e. The zero-order chi connectivity index (χ0) is 28.6. The molecule has 2 amide bonds. The van der Waals surface area contributed by atoms with E-state index < -0.39 is 36.5 Å². The Morgan fingerprint density at radius 1 is 1.07 bits per heavy atom. The smallest absolute Gasteiger partial charge is 0.323 e. The zero-order valence-corrected chi connectivity index (χ0v) is 23.1. The second-order valence-corrected chi connectivity index (χ2v) is 10.4. The number of para-hydroxylation sites is 1. The van der Waals surface area contributed by atoms with E-state index in [1.165, 1.54) is 9.80 Å². The molecule has 2 aromatic carbocycles. The molecule has 4 N–H and O–H groups in total. The first-order chi connectivity index (χ1) is 19.3. The van der Waals surface area contributed by atoms with Crippen LogP contribution in [0.4, 0.5) is 5.69 Å². The van der Waals surface area contributed by atoms with Gasteiger partial charge in [-0.25, -0.2) is 0 Å².